The Kier molecular flexibility index (Phi) is 3.88. The number of carbonyl (C=O) groups excluding carboxylic acids is 1. The van der Waals surface area contributed by atoms with Crippen LogP contribution in [-0.4, -0.2) is 12.9 Å². The largest absolute Gasteiger partial charge is 0.496 e. The minimum absolute atomic E-state index is 0.0285. The van der Waals surface area contributed by atoms with Crippen molar-refractivity contribution in [3.05, 3.63) is 35.9 Å². The number of carbonyl (C=O) groups is 1. The molecule has 0 atom stereocenters. The van der Waals surface area contributed by atoms with Crippen molar-refractivity contribution in [3.63, 3.8) is 0 Å². The molecule has 0 heterocycles. The van der Waals surface area contributed by atoms with E-state index >= 15 is 0 Å². The Morgan fingerprint density at radius 2 is 2.00 bits per heavy atom. The quantitative estimate of drug-likeness (QED) is 0.724. The Hall–Kier alpha value is -1.57. The molecule has 0 unspecified atom stereocenters. The first kappa shape index (κ1) is 12.5. The molecule has 0 fully saturated rings. The summed E-state index contributed by atoms with van der Waals surface area (Å²) in [5, 5.41) is 0. The van der Waals surface area contributed by atoms with Gasteiger partial charge in [-0.1, -0.05) is 26.5 Å². The lowest BCUT2D eigenvalue weighted by Gasteiger charge is -2.13. The number of hydrogen-bond donors (Lipinski definition) is 0. The van der Waals surface area contributed by atoms with Gasteiger partial charge < -0.3 is 4.74 Å². The summed E-state index contributed by atoms with van der Waals surface area (Å²) in [6.45, 7) is 9.55. The molecular weight excluding hydrogens is 200 g/mol. The van der Waals surface area contributed by atoms with Crippen LogP contribution in [0.3, 0.4) is 0 Å². The van der Waals surface area contributed by atoms with Gasteiger partial charge in [0.15, 0.2) is 5.78 Å². The second-order valence-electron chi connectivity index (χ2n) is 4.15. The lowest BCUT2D eigenvalue weighted by molar-refractivity contribution is -0.111. The summed E-state index contributed by atoms with van der Waals surface area (Å²) in [7, 11) is 1.60. The van der Waals surface area contributed by atoms with Crippen molar-refractivity contribution in [2.24, 2.45) is 0 Å². The lowest BCUT2D eigenvalue weighted by Crippen LogP contribution is -1.99. The Morgan fingerprint density at radius 3 is 2.44 bits per heavy atom. The van der Waals surface area contributed by atoms with Crippen molar-refractivity contribution in [3.8, 4) is 5.75 Å². The Labute approximate surface area is 96.9 Å². The summed E-state index contributed by atoms with van der Waals surface area (Å²) in [5.74, 6) is 1.09. The predicted molar refractivity (Wildman–Crippen MR) is 66.8 cm³/mol. The zero-order chi connectivity index (χ0) is 12.3. The average Bonchev–Trinajstić information content (AvgIpc) is 2.26. The maximum Gasteiger partial charge on any atom is 0.159 e. The molecule has 0 aromatic heterocycles. The van der Waals surface area contributed by atoms with Crippen LogP contribution in [0.4, 0.5) is 0 Å². The van der Waals surface area contributed by atoms with Gasteiger partial charge in [-0.25, -0.2) is 0 Å². The maximum atomic E-state index is 11.3. The smallest absolute Gasteiger partial charge is 0.159 e. The first-order valence-electron chi connectivity index (χ1n) is 5.35. The fourth-order valence-electron chi connectivity index (χ4n) is 1.51. The molecule has 86 valence electrons. The second kappa shape index (κ2) is 4.97. The van der Waals surface area contributed by atoms with Crippen LogP contribution < -0.4 is 4.74 Å². The molecule has 0 aliphatic carbocycles. The first-order valence-corrected chi connectivity index (χ1v) is 5.35. The molecule has 2 heteroatoms. The molecule has 1 aromatic carbocycles. The molecule has 0 amide bonds. The van der Waals surface area contributed by atoms with Gasteiger partial charge in [0.05, 0.1) is 7.11 Å². The number of allylic oxidation sites excluding steroid dienone is 1. The van der Waals surface area contributed by atoms with E-state index in [2.05, 4.69) is 20.4 Å². The zero-order valence-electron chi connectivity index (χ0n) is 10.3. The van der Waals surface area contributed by atoms with E-state index in [0.717, 1.165) is 5.56 Å². The molecule has 0 spiro atoms. The molecule has 1 rings (SSSR count). The van der Waals surface area contributed by atoms with Crippen LogP contribution in [0.15, 0.2) is 24.8 Å². The maximum absolute atomic E-state index is 11.3. The highest BCUT2D eigenvalue weighted by atomic mass is 16.5. The predicted octanol–water partition coefficient (Wildman–Crippen LogP) is 3.42. The summed E-state index contributed by atoms with van der Waals surface area (Å²) < 4.78 is 5.24. The number of Topliss-reactive ketones (excluding diaryl/α,β-unsaturated/α-hetero) is 1. The summed E-state index contributed by atoms with van der Waals surface area (Å²) in [4.78, 5) is 11.3. The highest BCUT2D eigenvalue weighted by Crippen LogP contribution is 2.29. The van der Waals surface area contributed by atoms with Crippen LogP contribution in [0.25, 0.3) is 5.57 Å². The molecule has 0 saturated carbocycles. The van der Waals surface area contributed by atoms with E-state index < -0.39 is 0 Å². The van der Waals surface area contributed by atoms with Crippen LogP contribution in [0.1, 0.15) is 37.8 Å². The van der Waals surface area contributed by atoms with Gasteiger partial charge in [-0.05, 0) is 30.5 Å². The van der Waals surface area contributed by atoms with Gasteiger partial charge in [0.25, 0.3) is 0 Å². The van der Waals surface area contributed by atoms with E-state index in [1.807, 2.05) is 18.2 Å². The first-order chi connectivity index (χ1) is 7.47. The third kappa shape index (κ3) is 2.51. The van der Waals surface area contributed by atoms with Crippen LogP contribution in [0.5, 0.6) is 5.75 Å². The fraction of sp³-hybridized carbons (Fsp3) is 0.357. The SMILES string of the molecule is C=C(C(C)=O)c1cc(C(C)C)ccc1OC. The molecule has 1 aromatic rings. The molecule has 0 radical (unpaired) electrons. The zero-order valence-corrected chi connectivity index (χ0v) is 10.3. The standard InChI is InChI=1S/C14H18O2/c1-9(2)12-6-7-14(16-5)13(8-12)10(3)11(4)15/h6-9H,3H2,1-2,4-5H3. The monoisotopic (exact) mass is 218 g/mol. The number of rotatable bonds is 4. The highest BCUT2D eigenvalue weighted by molar-refractivity contribution is 6.19. The topological polar surface area (TPSA) is 26.3 Å². The summed E-state index contributed by atoms with van der Waals surface area (Å²) in [6, 6.07) is 5.88. The van der Waals surface area contributed by atoms with Gasteiger partial charge in [-0.2, -0.15) is 0 Å². The Morgan fingerprint density at radius 1 is 1.38 bits per heavy atom. The fourth-order valence-corrected chi connectivity index (χ4v) is 1.51. The van der Waals surface area contributed by atoms with Gasteiger partial charge in [0.2, 0.25) is 0 Å². The molecule has 0 aliphatic rings. The average molecular weight is 218 g/mol. The number of ketones is 1. The number of benzene rings is 1. The Balaban J connectivity index is 3.27. The number of methoxy groups -OCH3 is 1. The van der Waals surface area contributed by atoms with Gasteiger partial charge in [0.1, 0.15) is 5.75 Å². The normalized spacial score (nSPS) is 10.3. The molecule has 16 heavy (non-hydrogen) atoms. The van der Waals surface area contributed by atoms with E-state index in [4.69, 9.17) is 4.74 Å². The van der Waals surface area contributed by atoms with Crippen molar-refractivity contribution in [1.29, 1.82) is 0 Å². The van der Waals surface area contributed by atoms with Gasteiger partial charge in [-0.3, -0.25) is 4.79 Å². The summed E-state index contributed by atoms with van der Waals surface area (Å²) in [5.41, 5.74) is 2.47. The van der Waals surface area contributed by atoms with E-state index in [1.54, 1.807) is 7.11 Å². The molecular formula is C14H18O2. The van der Waals surface area contributed by atoms with Crippen molar-refractivity contribution in [2.45, 2.75) is 26.7 Å². The minimum Gasteiger partial charge on any atom is -0.496 e. The van der Waals surface area contributed by atoms with E-state index in [-0.39, 0.29) is 5.78 Å². The van der Waals surface area contributed by atoms with Crippen LogP contribution >= 0.6 is 0 Å². The minimum atomic E-state index is -0.0285. The third-order valence-corrected chi connectivity index (χ3v) is 2.64. The van der Waals surface area contributed by atoms with Crippen molar-refractivity contribution >= 4 is 11.4 Å². The number of hydrogen-bond acceptors (Lipinski definition) is 2. The third-order valence-electron chi connectivity index (χ3n) is 2.64. The molecule has 2 nitrogen and oxygen atoms in total. The molecule has 0 bridgehead atoms. The molecule has 0 saturated heterocycles. The van der Waals surface area contributed by atoms with Crippen LogP contribution in [0.2, 0.25) is 0 Å². The Bertz CT molecular complexity index is 417. The van der Waals surface area contributed by atoms with Gasteiger partial charge in [0, 0.05) is 11.1 Å². The van der Waals surface area contributed by atoms with E-state index in [1.165, 1.54) is 12.5 Å². The van der Waals surface area contributed by atoms with Crippen LogP contribution in [0, 0.1) is 0 Å². The highest BCUT2D eigenvalue weighted by Gasteiger charge is 2.12. The van der Waals surface area contributed by atoms with Crippen molar-refractivity contribution in [1.82, 2.24) is 0 Å². The van der Waals surface area contributed by atoms with Gasteiger partial charge >= 0.3 is 0 Å². The molecule has 0 aliphatic heterocycles. The van der Waals surface area contributed by atoms with E-state index in [0.29, 0.717) is 17.2 Å². The van der Waals surface area contributed by atoms with Gasteiger partial charge in [-0.15, -0.1) is 0 Å². The molecule has 0 N–H and O–H groups in total. The van der Waals surface area contributed by atoms with Crippen molar-refractivity contribution < 1.29 is 9.53 Å². The van der Waals surface area contributed by atoms with Crippen molar-refractivity contribution in [2.75, 3.05) is 7.11 Å². The van der Waals surface area contributed by atoms with E-state index in [9.17, 15) is 4.79 Å². The number of ether oxygens (including phenoxy) is 1. The summed E-state index contributed by atoms with van der Waals surface area (Å²) >= 11 is 0. The summed E-state index contributed by atoms with van der Waals surface area (Å²) in [6.07, 6.45) is 0. The second-order valence-corrected chi connectivity index (χ2v) is 4.15. The van der Waals surface area contributed by atoms with Crippen LogP contribution in [-0.2, 0) is 4.79 Å². The lowest BCUT2D eigenvalue weighted by atomic mass is 9.96.